The minimum Gasteiger partial charge on any atom is -0.476 e. The Labute approximate surface area is 259 Å². The molecule has 0 amide bonds. The van der Waals surface area contributed by atoms with E-state index in [9.17, 15) is 18.3 Å². The minimum atomic E-state index is -3.85. The highest BCUT2D eigenvalue weighted by molar-refractivity contribution is 7.89. The molecule has 44 heavy (non-hydrogen) atoms. The molecule has 1 aliphatic rings. The summed E-state index contributed by atoms with van der Waals surface area (Å²) in [5.41, 5.74) is 6.20. The van der Waals surface area contributed by atoms with Crippen molar-refractivity contribution in [2.75, 3.05) is 0 Å². The molecule has 0 bridgehead atoms. The number of primary sulfonamides is 1. The Morgan fingerprint density at radius 2 is 1.75 bits per heavy atom. The molecular weight excluding hydrogens is 600 g/mol. The predicted molar refractivity (Wildman–Crippen MR) is 168 cm³/mol. The first-order valence-electron chi connectivity index (χ1n) is 14.3. The molecule has 3 aromatic carbocycles. The molecule has 226 valence electrons. The van der Waals surface area contributed by atoms with Crippen LogP contribution in [0.5, 0.6) is 0 Å². The maximum absolute atomic E-state index is 15.4. The zero-order valence-corrected chi connectivity index (χ0v) is 25.8. The standard InChI is InChI=1S/C33H31FN4O4S2/c1-19(2)22-7-9-23(10-8-22)26-17-24(11-14-28(26)34)31-27(15-20-5-12-25(13-6-20)44(35,41)42)29(16-21-3-4-21)37-38(31)33-36-30(18-43-33)32(39)40/h5-14,17-19,21H,3-4,15-16H2,1-2H3,(H,39,40)(H2,35,41,42). The Morgan fingerprint density at radius 3 is 2.34 bits per heavy atom. The van der Waals surface area contributed by atoms with Crippen molar-refractivity contribution in [1.82, 2.24) is 14.8 Å². The van der Waals surface area contributed by atoms with Crippen LogP contribution in [0.25, 0.3) is 27.5 Å². The number of rotatable bonds is 10. The Balaban J connectivity index is 1.53. The average Bonchev–Trinajstić information content (AvgIpc) is 3.54. The van der Waals surface area contributed by atoms with Crippen LogP contribution in [0.3, 0.4) is 0 Å². The fourth-order valence-corrected chi connectivity index (χ4v) is 6.55. The lowest BCUT2D eigenvalue weighted by Gasteiger charge is -2.13. The molecule has 11 heteroatoms. The second-order valence-corrected chi connectivity index (χ2v) is 13.9. The lowest BCUT2D eigenvalue weighted by Crippen LogP contribution is -2.11. The first-order valence-corrected chi connectivity index (χ1v) is 16.7. The van der Waals surface area contributed by atoms with Crippen molar-refractivity contribution in [3.8, 4) is 27.5 Å². The van der Waals surface area contributed by atoms with Gasteiger partial charge in [-0.1, -0.05) is 50.2 Å². The summed E-state index contributed by atoms with van der Waals surface area (Å²) >= 11 is 1.17. The molecule has 1 aliphatic carbocycles. The largest absolute Gasteiger partial charge is 0.476 e. The van der Waals surface area contributed by atoms with Gasteiger partial charge in [0.25, 0.3) is 0 Å². The van der Waals surface area contributed by atoms with Gasteiger partial charge in [0.15, 0.2) is 5.69 Å². The summed E-state index contributed by atoms with van der Waals surface area (Å²) < 4.78 is 40.7. The minimum absolute atomic E-state index is 0.0195. The number of thiazole rings is 1. The third kappa shape index (κ3) is 6.21. The highest BCUT2D eigenvalue weighted by Crippen LogP contribution is 2.39. The summed E-state index contributed by atoms with van der Waals surface area (Å²) in [5, 5.41) is 21.7. The van der Waals surface area contributed by atoms with E-state index in [1.54, 1.807) is 28.9 Å². The average molecular weight is 631 g/mol. The molecule has 0 unspecified atom stereocenters. The van der Waals surface area contributed by atoms with E-state index in [4.69, 9.17) is 10.2 Å². The number of carboxylic acid groups (broad SMARTS) is 1. The van der Waals surface area contributed by atoms with Crippen LogP contribution in [-0.2, 0) is 22.9 Å². The number of carboxylic acids is 1. The van der Waals surface area contributed by atoms with Gasteiger partial charge >= 0.3 is 5.97 Å². The molecule has 6 rings (SSSR count). The summed E-state index contributed by atoms with van der Waals surface area (Å²) in [7, 11) is -3.85. The van der Waals surface area contributed by atoms with Crippen LogP contribution >= 0.6 is 11.3 Å². The topological polar surface area (TPSA) is 128 Å². The zero-order valence-electron chi connectivity index (χ0n) is 24.2. The highest BCUT2D eigenvalue weighted by atomic mass is 32.2. The van der Waals surface area contributed by atoms with E-state index in [1.165, 1.54) is 34.9 Å². The van der Waals surface area contributed by atoms with Crippen molar-refractivity contribution in [2.45, 2.75) is 50.3 Å². The first kappa shape index (κ1) is 29.9. The van der Waals surface area contributed by atoms with Gasteiger partial charge in [0, 0.05) is 28.5 Å². The summed E-state index contributed by atoms with van der Waals surface area (Å²) in [5.74, 6) is -0.666. The predicted octanol–water partition coefficient (Wildman–Crippen LogP) is 6.81. The van der Waals surface area contributed by atoms with Crippen LogP contribution in [0.2, 0.25) is 0 Å². The van der Waals surface area contributed by atoms with E-state index in [2.05, 4.69) is 18.8 Å². The number of aromatic nitrogens is 3. The fourth-order valence-electron chi connectivity index (χ4n) is 5.28. The molecule has 2 aromatic heterocycles. The van der Waals surface area contributed by atoms with E-state index >= 15 is 4.39 Å². The van der Waals surface area contributed by atoms with E-state index < -0.39 is 16.0 Å². The Morgan fingerprint density at radius 1 is 1.07 bits per heavy atom. The van der Waals surface area contributed by atoms with Crippen molar-refractivity contribution in [1.29, 1.82) is 0 Å². The van der Waals surface area contributed by atoms with Gasteiger partial charge in [0.05, 0.1) is 16.3 Å². The van der Waals surface area contributed by atoms with Crippen molar-refractivity contribution in [2.24, 2.45) is 11.1 Å². The second kappa shape index (κ2) is 11.7. The molecule has 0 atom stereocenters. The molecule has 1 saturated carbocycles. The number of sulfonamides is 1. The Kier molecular flexibility index (Phi) is 7.95. The monoisotopic (exact) mass is 630 g/mol. The highest BCUT2D eigenvalue weighted by Gasteiger charge is 2.29. The summed E-state index contributed by atoms with van der Waals surface area (Å²) in [6.07, 6.45) is 3.33. The summed E-state index contributed by atoms with van der Waals surface area (Å²) in [6, 6.07) is 19.2. The van der Waals surface area contributed by atoms with Crippen molar-refractivity contribution in [3.63, 3.8) is 0 Å². The fraction of sp³-hybridized carbons (Fsp3) is 0.242. The van der Waals surface area contributed by atoms with Crippen LogP contribution in [0.15, 0.2) is 77.0 Å². The number of carbonyl (C=O) groups is 1. The van der Waals surface area contributed by atoms with E-state index in [0.717, 1.165) is 47.2 Å². The Hall–Kier alpha value is -4.19. The van der Waals surface area contributed by atoms with Gasteiger partial charge in [-0.05, 0) is 78.1 Å². The van der Waals surface area contributed by atoms with Gasteiger partial charge in [-0.2, -0.15) is 5.10 Å². The molecule has 0 radical (unpaired) electrons. The molecule has 8 nitrogen and oxygen atoms in total. The lowest BCUT2D eigenvalue weighted by molar-refractivity contribution is 0.0691. The third-order valence-corrected chi connectivity index (χ3v) is 9.64. The first-order chi connectivity index (χ1) is 21.0. The van der Waals surface area contributed by atoms with Crippen LogP contribution < -0.4 is 5.14 Å². The van der Waals surface area contributed by atoms with E-state index in [1.807, 2.05) is 24.3 Å². The third-order valence-electron chi connectivity index (χ3n) is 7.90. The number of benzene rings is 3. The molecule has 2 heterocycles. The van der Waals surface area contributed by atoms with Crippen LogP contribution in [-0.4, -0.2) is 34.3 Å². The normalized spacial score (nSPS) is 13.5. The molecule has 0 aliphatic heterocycles. The van der Waals surface area contributed by atoms with Crippen LogP contribution in [0.1, 0.15) is 65.5 Å². The number of nitrogens with zero attached hydrogens (tertiary/aromatic N) is 3. The van der Waals surface area contributed by atoms with Gasteiger partial charge in [-0.25, -0.2) is 32.4 Å². The maximum atomic E-state index is 15.4. The number of nitrogens with two attached hydrogens (primary N) is 1. The van der Waals surface area contributed by atoms with Gasteiger partial charge in [-0.3, -0.25) is 0 Å². The molecule has 0 saturated heterocycles. The summed E-state index contributed by atoms with van der Waals surface area (Å²) in [6.45, 7) is 4.21. The molecular formula is C33H31FN4O4S2. The van der Waals surface area contributed by atoms with Crippen molar-refractivity contribution < 1.29 is 22.7 Å². The van der Waals surface area contributed by atoms with Gasteiger partial charge < -0.3 is 5.11 Å². The van der Waals surface area contributed by atoms with Crippen molar-refractivity contribution >= 4 is 27.3 Å². The van der Waals surface area contributed by atoms with Crippen LogP contribution in [0.4, 0.5) is 4.39 Å². The quantitative estimate of drug-likeness (QED) is 0.174. The number of hydrogen-bond donors (Lipinski definition) is 2. The zero-order chi connectivity index (χ0) is 31.2. The second-order valence-electron chi connectivity index (χ2n) is 11.5. The summed E-state index contributed by atoms with van der Waals surface area (Å²) in [4.78, 5) is 16.1. The maximum Gasteiger partial charge on any atom is 0.355 e. The molecule has 3 N–H and O–H groups in total. The Bertz CT molecular complexity index is 1960. The van der Waals surface area contributed by atoms with E-state index in [-0.39, 0.29) is 16.4 Å². The van der Waals surface area contributed by atoms with Gasteiger partial charge in [0.1, 0.15) is 5.82 Å². The lowest BCUT2D eigenvalue weighted by atomic mass is 9.94. The van der Waals surface area contributed by atoms with E-state index in [0.29, 0.717) is 40.2 Å². The van der Waals surface area contributed by atoms with Gasteiger partial charge in [0.2, 0.25) is 15.2 Å². The molecule has 5 aromatic rings. The van der Waals surface area contributed by atoms with Crippen molar-refractivity contribution in [3.05, 3.63) is 106 Å². The van der Waals surface area contributed by atoms with Crippen LogP contribution in [0, 0.1) is 11.7 Å². The molecule has 0 spiro atoms. The van der Waals surface area contributed by atoms with Gasteiger partial charge in [-0.15, -0.1) is 11.3 Å². The number of halogens is 1. The molecule has 1 fully saturated rings. The smallest absolute Gasteiger partial charge is 0.355 e. The number of hydrogen-bond acceptors (Lipinski definition) is 6. The SMILES string of the molecule is CC(C)c1ccc(-c2cc(-c3c(Cc4ccc(S(N)(=O)=O)cc4)c(CC4CC4)nn3-c3nc(C(=O)O)cs3)ccc2F)cc1. The number of aromatic carboxylic acids is 1.